The van der Waals surface area contributed by atoms with Crippen LogP contribution in [0.3, 0.4) is 0 Å². The summed E-state index contributed by atoms with van der Waals surface area (Å²) in [4.78, 5) is 17.9. The summed E-state index contributed by atoms with van der Waals surface area (Å²) in [7, 11) is 1.37. The van der Waals surface area contributed by atoms with Crippen molar-refractivity contribution in [2.45, 2.75) is 65.1 Å². The zero-order chi connectivity index (χ0) is 26.3. The van der Waals surface area contributed by atoms with Gasteiger partial charge in [0.05, 0.1) is 24.1 Å². The largest absolute Gasteiger partial charge is 0.467 e. The fourth-order valence-corrected chi connectivity index (χ4v) is 5.18. The number of fused-ring (bicyclic) bond motifs is 2. The Morgan fingerprint density at radius 2 is 1.68 bits per heavy atom. The molecule has 0 unspecified atom stereocenters. The highest BCUT2D eigenvalue weighted by Crippen LogP contribution is 2.37. The van der Waals surface area contributed by atoms with Gasteiger partial charge in [-0.3, -0.25) is 0 Å². The van der Waals surface area contributed by atoms with Gasteiger partial charge in [0.15, 0.2) is 11.8 Å². The molecule has 2 aromatic carbocycles. The van der Waals surface area contributed by atoms with E-state index in [2.05, 4.69) is 18.2 Å². The molecule has 37 heavy (non-hydrogen) atoms. The molecule has 4 aromatic rings. The van der Waals surface area contributed by atoms with Gasteiger partial charge in [0.1, 0.15) is 0 Å². The number of benzene rings is 2. The van der Waals surface area contributed by atoms with Crippen molar-refractivity contribution >= 4 is 23.2 Å². The van der Waals surface area contributed by atoms with Crippen LogP contribution in [0.5, 0.6) is 0 Å². The second-order valence-electron chi connectivity index (χ2n) is 10.6. The summed E-state index contributed by atoms with van der Waals surface area (Å²) < 4.78 is 13.2. The number of ether oxygens (including phenoxy) is 2. The SMILES string of the molecule is COC(=O)[C@@H](OC(C)(C)C)c1c(C)nc2cc(-c3ccc4c(c3)CCCC4)nn2c1-c1ccc(Cl)cc1. The molecule has 1 aliphatic rings. The minimum atomic E-state index is -0.982. The number of carbonyl (C=O) groups is 1. The molecule has 0 aliphatic heterocycles. The molecule has 0 bridgehead atoms. The maximum absolute atomic E-state index is 13.1. The van der Waals surface area contributed by atoms with Crippen molar-refractivity contribution in [2.24, 2.45) is 0 Å². The van der Waals surface area contributed by atoms with Gasteiger partial charge in [-0.2, -0.15) is 5.10 Å². The van der Waals surface area contributed by atoms with Gasteiger partial charge in [-0.15, -0.1) is 0 Å². The molecule has 5 rings (SSSR count). The summed E-state index contributed by atoms with van der Waals surface area (Å²) in [5, 5.41) is 5.63. The number of methoxy groups -OCH3 is 1. The van der Waals surface area contributed by atoms with Crippen LogP contribution in [0, 0.1) is 6.92 Å². The van der Waals surface area contributed by atoms with E-state index in [9.17, 15) is 4.79 Å². The van der Waals surface area contributed by atoms with Crippen LogP contribution in [0.25, 0.3) is 28.2 Å². The summed E-state index contributed by atoms with van der Waals surface area (Å²) >= 11 is 6.22. The third-order valence-corrected chi connectivity index (χ3v) is 6.99. The molecule has 0 fully saturated rings. The highest BCUT2D eigenvalue weighted by molar-refractivity contribution is 6.30. The summed E-state index contributed by atoms with van der Waals surface area (Å²) in [6.07, 6.45) is 3.71. The second kappa shape index (κ2) is 9.92. The molecule has 0 saturated carbocycles. The van der Waals surface area contributed by atoms with E-state index in [1.54, 1.807) is 0 Å². The van der Waals surface area contributed by atoms with E-state index in [0.29, 0.717) is 21.9 Å². The van der Waals surface area contributed by atoms with Crippen LogP contribution in [0.15, 0.2) is 48.5 Å². The van der Waals surface area contributed by atoms with Crippen LogP contribution < -0.4 is 0 Å². The van der Waals surface area contributed by atoms with Gasteiger partial charge in [-0.25, -0.2) is 14.3 Å². The van der Waals surface area contributed by atoms with Crippen LogP contribution in [0.2, 0.25) is 5.02 Å². The fourth-order valence-electron chi connectivity index (χ4n) is 5.05. The van der Waals surface area contributed by atoms with Crippen molar-refractivity contribution < 1.29 is 14.3 Å². The number of aryl methyl sites for hydroxylation is 3. The number of rotatable bonds is 5. The highest BCUT2D eigenvalue weighted by atomic mass is 35.5. The molecule has 7 heteroatoms. The first-order chi connectivity index (χ1) is 17.6. The minimum absolute atomic E-state index is 0.489. The van der Waals surface area contributed by atoms with Crippen LogP contribution in [0.4, 0.5) is 0 Å². The lowest BCUT2D eigenvalue weighted by Gasteiger charge is -2.28. The Bertz CT molecular complexity index is 1470. The summed E-state index contributed by atoms with van der Waals surface area (Å²) in [6.45, 7) is 7.62. The van der Waals surface area contributed by atoms with Crippen molar-refractivity contribution in [3.05, 3.63) is 75.9 Å². The van der Waals surface area contributed by atoms with E-state index < -0.39 is 17.7 Å². The molecular weight excluding hydrogens is 486 g/mol. The lowest BCUT2D eigenvalue weighted by Crippen LogP contribution is -2.29. The van der Waals surface area contributed by atoms with Gasteiger partial charge in [-0.1, -0.05) is 35.9 Å². The topological polar surface area (TPSA) is 65.7 Å². The maximum Gasteiger partial charge on any atom is 0.339 e. The molecular formula is C30H32ClN3O3. The number of esters is 1. The fraction of sp³-hybridized carbons (Fsp3) is 0.367. The maximum atomic E-state index is 13.1. The highest BCUT2D eigenvalue weighted by Gasteiger charge is 2.34. The van der Waals surface area contributed by atoms with Crippen molar-refractivity contribution in [2.75, 3.05) is 7.11 Å². The first-order valence-electron chi connectivity index (χ1n) is 12.7. The second-order valence-corrected chi connectivity index (χ2v) is 11.0. The molecule has 0 radical (unpaired) electrons. The molecule has 0 amide bonds. The van der Waals surface area contributed by atoms with Crippen LogP contribution >= 0.6 is 11.6 Å². The number of hydrogen-bond acceptors (Lipinski definition) is 5. The van der Waals surface area contributed by atoms with Gasteiger partial charge in [0, 0.05) is 33.5 Å². The number of carbonyl (C=O) groups excluding carboxylic acids is 1. The molecule has 2 aromatic heterocycles. The lowest BCUT2D eigenvalue weighted by molar-refractivity contribution is -0.164. The average molecular weight is 518 g/mol. The summed E-state index contributed by atoms with van der Waals surface area (Å²) in [5.74, 6) is -0.489. The van der Waals surface area contributed by atoms with Crippen molar-refractivity contribution in [3.8, 4) is 22.5 Å². The Hall–Kier alpha value is -3.22. The van der Waals surface area contributed by atoms with Gasteiger partial charge >= 0.3 is 5.97 Å². The standard InChI is InChI=1S/C30H32ClN3O3/c1-18-26(28(29(35)36-5)37-30(2,3)4)27(20-12-14-23(31)15-13-20)34-25(32-18)17-24(33-34)22-11-10-19-8-6-7-9-21(19)16-22/h10-17,28H,6-9H2,1-5H3/t28-/m0/s1. The van der Waals surface area contributed by atoms with Crippen LogP contribution in [0.1, 0.15) is 62.1 Å². The third kappa shape index (κ3) is 5.13. The minimum Gasteiger partial charge on any atom is -0.467 e. The van der Waals surface area contributed by atoms with Crippen molar-refractivity contribution in [1.29, 1.82) is 0 Å². The smallest absolute Gasteiger partial charge is 0.339 e. The first-order valence-corrected chi connectivity index (χ1v) is 13.1. The zero-order valence-electron chi connectivity index (χ0n) is 22.0. The Kier molecular flexibility index (Phi) is 6.82. The molecule has 1 aliphatic carbocycles. The Morgan fingerprint density at radius 1 is 1.00 bits per heavy atom. The normalized spacial score (nSPS) is 14.4. The molecule has 0 spiro atoms. The third-order valence-electron chi connectivity index (χ3n) is 6.74. The van der Waals surface area contributed by atoms with E-state index >= 15 is 0 Å². The molecule has 0 N–H and O–H groups in total. The van der Waals surface area contributed by atoms with Crippen LogP contribution in [-0.4, -0.2) is 33.3 Å². The van der Waals surface area contributed by atoms with E-state index in [-0.39, 0.29) is 0 Å². The van der Waals surface area contributed by atoms with Gasteiger partial charge in [0.25, 0.3) is 0 Å². The lowest BCUT2D eigenvalue weighted by atomic mass is 9.90. The Morgan fingerprint density at radius 3 is 2.35 bits per heavy atom. The first kappa shape index (κ1) is 25.4. The van der Waals surface area contributed by atoms with Gasteiger partial charge in [-0.05, 0) is 82.7 Å². The number of aromatic nitrogens is 3. The van der Waals surface area contributed by atoms with Crippen molar-refractivity contribution in [3.63, 3.8) is 0 Å². The van der Waals surface area contributed by atoms with Crippen molar-refractivity contribution in [1.82, 2.24) is 14.6 Å². The molecule has 2 heterocycles. The monoisotopic (exact) mass is 517 g/mol. The van der Waals surface area contributed by atoms with E-state index in [1.165, 1.54) is 31.1 Å². The van der Waals surface area contributed by atoms with E-state index in [4.69, 9.17) is 31.2 Å². The molecule has 0 saturated heterocycles. The zero-order valence-corrected chi connectivity index (χ0v) is 22.7. The predicted octanol–water partition coefficient (Wildman–Crippen LogP) is 6.93. The quantitative estimate of drug-likeness (QED) is 0.268. The van der Waals surface area contributed by atoms with E-state index in [1.807, 2.05) is 62.5 Å². The number of nitrogens with zero attached hydrogens (tertiary/aromatic N) is 3. The number of halogens is 1. The Labute approximate surface area is 222 Å². The average Bonchev–Trinajstić information content (AvgIpc) is 3.29. The van der Waals surface area contributed by atoms with Crippen LogP contribution in [-0.2, 0) is 27.1 Å². The predicted molar refractivity (Wildman–Crippen MR) is 146 cm³/mol. The summed E-state index contributed by atoms with van der Waals surface area (Å²) in [5.41, 5.74) is 7.68. The number of hydrogen-bond donors (Lipinski definition) is 0. The van der Waals surface area contributed by atoms with Gasteiger partial charge < -0.3 is 9.47 Å². The van der Waals surface area contributed by atoms with Gasteiger partial charge in [0.2, 0.25) is 0 Å². The van der Waals surface area contributed by atoms with E-state index in [0.717, 1.165) is 35.4 Å². The Balaban J connectivity index is 1.75. The molecule has 192 valence electrons. The summed E-state index contributed by atoms with van der Waals surface area (Å²) in [6, 6.07) is 16.1. The molecule has 6 nitrogen and oxygen atoms in total. The molecule has 1 atom stereocenters.